The number of carbonyl (C=O) groups is 1. The number of methoxy groups -OCH3 is 3. The average Bonchev–Trinajstić information content (AvgIpc) is 2.67. The van der Waals surface area contributed by atoms with Crippen LogP contribution in [0.15, 0.2) is 12.1 Å². The number of hydrogen-bond acceptors (Lipinski definition) is 6. The number of amides is 1. The van der Waals surface area contributed by atoms with Crippen LogP contribution >= 0.6 is 12.4 Å². The zero-order chi connectivity index (χ0) is 18.2. The second kappa shape index (κ2) is 11.1. The average molecular weight is 389 g/mol. The maximum atomic E-state index is 12.9. The summed E-state index contributed by atoms with van der Waals surface area (Å²) in [5.74, 6) is 1.44. The third-order valence-corrected chi connectivity index (χ3v) is 4.37. The van der Waals surface area contributed by atoms with E-state index in [2.05, 4.69) is 0 Å². The summed E-state index contributed by atoms with van der Waals surface area (Å²) in [6.07, 6.45) is 2.71. The molecule has 8 heteroatoms. The maximum absolute atomic E-state index is 12.9. The Kier molecular flexibility index (Phi) is 9.54. The highest BCUT2D eigenvalue weighted by atomic mass is 35.5. The molecule has 0 aliphatic carbocycles. The van der Waals surface area contributed by atoms with Gasteiger partial charge in [0.15, 0.2) is 11.5 Å². The largest absolute Gasteiger partial charge is 0.496 e. The number of rotatable bonds is 8. The highest BCUT2D eigenvalue weighted by molar-refractivity contribution is 5.98. The van der Waals surface area contributed by atoms with Gasteiger partial charge in [0.05, 0.1) is 33.0 Å². The number of carbonyl (C=O) groups excluding carboxylic acids is 1. The van der Waals surface area contributed by atoms with E-state index in [9.17, 15) is 4.79 Å². The van der Waals surface area contributed by atoms with Gasteiger partial charge >= 0.3 is 0 Å². The summed E-state index contributed by atoms with van der Waals surface area (Å²) in [7, 11) is 4.63. The van der Waals surface area contributed by atoms with E-state index in [1.165, 1.54) is 7.11 Å². The molecule has 148 valence electrons. The predicted molar refractivity (Wildman–Crippen MR) is 102 cm³/mol. The van der Waals surface area contributed by atoms with Crippen LogP contribution in [0.4, 0.5) is 0 Å². The Bertz CT molecular complexity index is 577. The molecule has 1 aliphatic rings. The van der Waals surface area contributed by atoms with Crippen LogP contribution < -0.4 is 19.9 Å². The van der Waals surface area contributed by atoms with Crippen molar-refractivity contribution in [2.24, 2.45) is 5.73 Å². The lowest BCUT2D eigenvalue weighted by Crippen LogP contribution is -2.41. The molecular formula is C18H29ClN2O5. The van der Waals surface area contributed by atoms with E-state index >= 15 is 0 Å². The Morgan fingerprint density at radius 2 is 1.65 bits per heavy atom. The summed E-state index contributed by atoms with van der Waals surface area (Å²) in [4.78, 5) is 14.7. The first kappa shape index (κ1) is 22.3. The number of piperidine rings is 1. The summed E-state index contributed by atoms with van der Waals surface area (Å²) in [5.41, 5.74) is 5.95. The van der Waals surface area contributed by atoms with Crippen molar-refractivity contribution >= 4 is 18.3 Å². The van der Waals surface area contributed by atoms with E-state index < -0.39 is 0 Å². The summed E-state index contributed by atoms with van der Waals surface area (Å²) < 4.78 is 21.7. The number of halogens is 1. The first-order valence-corrected chi connectivity index (χ1v) is 8.55. The van der Waals surface area contributed by atoms with E-state index in [-0.39, 0.29) is 24.4 Å². The Morgan fingerprint density at radius 1 is 1.08 bits per heavy atom. The fourth-order valence-electron chi connectivity index (χ4n) is 2.93. The fourth-order valence-corrected chi connectivity index (χ4v) is 2.93. The molecule has 2 rings (SSSR count). The summed E-state index contributed by atoms with van der Waals surface area (Å²) in [6, 6.07) is 3.35. The van der Waals surface area contributed by atoms with E-state index in [0.29, 0.717) is 49.1 Å². The lowest BCUT2D eigenvalue weighted by Gasteiger charge is -2.32. The number of benzene rings is 1. The van der Waals surface area contributed by atoms with Crippen LogP contribution in [-0.2, 0) is 4.74 Å². The molecule has 0 aromatic heterocycles. The molecule has 0 radical (unpaired) electrons. The molecule has 1 aliphatic heterocycles. The number of ether oxygens (including phenoxy) is 4. The first-order chi connectivity index (χ1) is 12.1. The SMILES string of the molecule is COc1cc(OC)c(C(=O)N2CCC(OCCCN)CC2)cc1OC.Cl. The van der Waals surface area contributed by atoms with E-state index in [4.69, 9.17) is 24.7 Å². The minimum Gasteiger partial charge on any atom is -0.496 e. The standard InChI is InChI=1S/C18H28N2O5.ClH/c1-22-15-12-17(24-3)16(23-2)11-14(15)18(21)20-8-5-13(6-9-20)25-10-4-7-19;/h11-13H,4-10,19H2,1-3H3;1H. The van der Waals surface area contributed by atoms with E-state index in [0.717, 1.165) is 19.3 Å². The van der Waals surface area contributed by atoms with E-state index in [1.54, 1.807) is 26.4 Å². The topological polar surface area (TPSA) is 83.2 Å². The molecule has 1 amide bonds. The quantitative estimate of drug-likeness (QED) is 0.687. The van der Waals surface area contributed by atoms with Gasteiger partial charge in [-0.25, -0.2) is 0 Å². The van der Waals surface area contributed by atoms with Crippen molar-refractivity contribution in [2.45, 2.75) is 25.4 Å². The number of likely N-dealkylation sites (tertiary alicyclic amines) is 1. The lowest BCUT2D eigenvalue weighted by molar-refractivity contribution is 0.00837. The minimum absolute atomic E-state index is 0. The van der Waals surface area contributed by atoms with Gasteiger partial charge in [0, 0.05) is 31.8 Å². The van der Waals surface area contributed by atoms with Gasteiger partial charge in [0.25, 0.3) is 5.91 Å². The molecule has 1 aromatic carbocycles. The highest BCUT2D eigenvalue weighted by Crippen LogP contribution is 2.35. The van der Waals surface area contributed by atoms with Gasteiger partial charge in [-0.05, 0) is 25.8 Å². The molecule has 1 fully saturated rings. The van der Waals surface area contributed by atoms with E-state index in [1.807, 2.05) is 4.90 Å². The van der Waals surface area contributed by atoms with Crippen molar-refractivity contribution in [1.29, 1.82) is 0 Å². The van der Waals surface area contributed by atoms with Crippen LogP contribution in [0.3, 0.4) is 0 Å². The van der Waals surface area contributed by atoms with Gasteiger partial charge in [-0.15, -0.1) is 12.4 Å². The van der Waals surface area contributed by atoms with Gasteiger partial charge in [-0.2, -0.15) is 0 Å². The number of nitrogens with two attached hydrogens (primary N) is 1. The van der Waals surface area contributed by atoms with Gasteiger partial charge in [0.2, 0.25) is 0 Å². The van der Waals surface area contributed by atoms with Crippen molar-refractivity contribution in [2.75, 3.05) is 47.6 Å². The van der Waals surface area contributed by atoms with Crippen molar-refractivity contribution in [3.63, 3.8) is 0 Å². The number of nitrogens with zero attached hydrogens (tertiary/aromatic N) is 1. The summed E-state index contributed by atoms with van der Waals surface area (Å²) >= 11 is 0. The van der Waals surface area contributed by atoms with Crippen LogP contribution in [0.5, 0.6) is 17.2 Å². The normalized spacial score (nSPS) is 14.5. The molecular weight excluding hydrogens is 360 g/mol. The Hall–Kier alpha value is -1.70. The van der Waals surface area contributed by atoms with Crippen molar-refractivity contribution in [3.05, 3.63) is 17.7 Å². The third kappa shape index (κ3) is 5.40. The van der Waals surface area contributed by atoms with Crippen molar-refractivity contribution < 1.29 is 23.7 Å². The van der Waals surface area contributed by atoms with Crippen LogP contribution in [0.1, 0.15) is 29.6 Å². The molecule has 0 saturated carbocycles. The zero-order valence-electron chi connectivity index (χ0n) is 15.7. The van der Waals surface area contributed by atoms with Gasteiger partial charge in [-0.3, -0.25) is 4.79 Å². The van der Waals surface area contributed by atoms with Gasteiger partial charge < -0.3 is 29.6 Å². The Morgan fingerprint density at radius 3 is 2.19 bits per heavy atom. The maximum Gasteiger partial charge on any atom is 0.257 e. The predicted octanol–water partition coefficient (Wildman–Crippen LogP) is 2.10. The first-order valence-electron chi connectivity index (χ1n) is 8.55. The second-order valence-electron chi connectivity index (χ2n) is 5.91. The van der Waals surface area contributed by atoms with Crippen LogP contribution in [0, 0.1) is 0 Å². The molecule has 26 heavy (non-hydrogen) atoms. The third-order valence-electron chi connectivity index (χ3n) is 4.37. The molecule has 0 bridgehead atoms. The smallest absolute Gasteiger partial charge is 0.257 e. The summed E-state index contributed by atoms with van der Waals surface area (Å²) in [6.45, 7) is 2.63. The van der Waals surface area contributed by atoms with Gasteiger partial charge in [0.1, 0.15) is 5.75 Å². The molecule has 1 saturated heterocycles. The minimum atomic E-state index is -0.0711. The fraction of sp³-hybridized carbons (Fsp3) is 0.611. The van der Waals surface area contributed by atoms with Crippen LogP contribution in [-0.4, -0.2) is 64.5 Å². The van der Waals surface area contributed by atoms with Crippen molar-refractivity contribution in [1.82, 2.24) is 4.90 Å². The van der Waals surface area contributed by atoms with Crippen molar-refractivity contribution in [3.8, 4) is 17.2 Å². The molecule has 1 aromatic rings. The van der Waals surface area contributed by atoms with Crippen LogP contribution in [0.2, 0.25) is 0 Å². The molecule has 7 nitrogen and oxygen atoms in total. The summed E-state index contributed by atoms with van der Waals surface area (Å²) in [5, 5.41) is 0. The molecule has 0 unspecified atom stereocenters. The molecule has 2 N–H and O–H groups in total. The Balaban J connectivity index is 0.00000338. The lowest BCUT2D eigenvalue weighted by atomic mass is 10.1. The number of hydrogen-bond donors (Lipinski definition) is 1. The monoisotopic (exact) mass is 388 g/mol. The zero-order valence-corrected chi connectivity index (χ0v) is 16.5. The van der Waals surface area contributed by atoms with Gasteiger partial charge in [-0.1, -0.05) is 0 Å². The molecule has 0 spiro atoms. The molecule has 1 heterocycles. The highest BCUT2D eigenvalue weighted by Gasteiger charge is 2.27. The Labute approximate surface area is 161 Å². The second-order valence-corrected chi connectivity index (χ2v) is 5.91. The molecule has 0 atom stereocenters. The van der Waals surface area contributed by atoms with Crippen LogP contribution in [0.25, 0.3) is 0 Å².